The van der Waals surface area contributed by atoms with E-state index in [1.54, 1.807) is 28.5 Å². The van der Waals surface area contributed by atoms with Crippen molar-refractivity contribution in [1.82, 2.24) is 15.2 Å². The van der Waals surface area contributed by atoms with Crippen LogP contribution in [0.25, 0.3) is 0 Å². The molecule has 1 atom stereocenters. The molecule has 3 rings (SSSR count). The quantitative estimate of drug-likeness (QED) is 0.923. The number of carbonyl (C=O) groups is 1. The number of nitrogens with zero attached hydrogens (tertiary/aromatic N) is 3. The monoisotopic (exact) mass is 348 g/mol. The highest BCUT2D eigenvalue weighted by Crippen LogP contribution is 2.22. The molecule has 1 N–H and O–H groups in total. The van der Waals surface area contributed by atoms with Gasteiger partial charge in [-0.1, -0.05) is 13.0 Å². The summed E-state index contributed by atoms with van der Waals surface area (Å²) in [4.78, 5) is 21.4. The first-order valence-electron chi connectivity index (χ1n) is 8.13. The molecule has 1 fully saturated rings. The Morgan fingerprint density at radius 1 is 1.33 bits per heavy atom. The zero-order chi connectivity index (χ0) is 16.9. The summed E-state index contributed by atoms with van der Waals surface area (Å²) in [5, 5.41) is 5.11. The average Bonchev–Trinajstić information content (AvgIpc) is 3.14. The molecule has 1 aliphatic rings. The number of hydrogen-bond donors (Lipinski definition) is 1. The average molecular weight is 348 g/mol. The van der Waals surface area contributed by atoms with Gasteiger partial charge in [-0.15, -0.1) is 11.3 Å². The Balaban J connectivity index is 1.56. The van der Waals surface area contributed by atoms with Gasteiger partial charge in [0.1, 0.15) is 0 Å². The van der Waals surface area contributed by atoms with Crippen LogP contribution in [0.15, 0.2) is 35.8 Å². The molecule has 2 amide bonds. The lowest BCUT2D eigenvalue weighted by Gasteiger charge is -2.36. The SMILES string of the molecule is CC[C@H](NC(=O)N1CCN(c2ncccc2F)CC1)c1cccs1. The van der Waals surface area contributed by atoms with Crippen LogP contribution in [0.5, 0.6) is 0 Å². The Hall–Kier alpha value is -2.15. The van der Waals surface area contributed by atoms with Gasteiger partial charge in [-0.05, 0) is 30.0 Å². The fourth-order valence-electron chi connectivity index (χ4n) is 2.84. The number of anilines is 1. The molecule has 0 saturated carbocycles. The Morgan fingerprint density at radius 3 is 2.75 bits per heavy atom. The van der Waals surface area contributed by atoms with Crippen molar-refractivity contribution < 1.29 is 9.18 Å². The molecule has 0 aromatic carbocycles. The third-order valence-corrected chi connectivity index (χ3v) is 5.18. The van der Waals surface area contributed by atoms with Crippen molar-refractivity contribution in [3.63, 3.8) is 0 Å². The molecule has 128 valence electrons. The maximum atomic E-state index is 13.8. The molecule has 0 radical (unpaired) electrons. The molecule has 7 heteroatoms. The fraction of sp³-hybridized carbons (Fsp3) is 0.412. The van der Waals surface area contributed by atoms with Crippen LogP contribution in [0.1, 0.15) is 24.3 Å². The van der Waals surface area contributed by atoms with E-state index >= 15 is 0 Å². The zero-order valence-corrected chi connectivity index (χ0v) is 14.4. The van der Waals surface area contributed by atoms with Crippen molar-refractivity contribution in [2.45, 2.75) is 19.4 Å². The summed E-state index contributed by atoms with van der Waals surface area (Å²) >= 11 is 1.65. The largest absolute Gasteiger partial charge is 0.351 e. The number of urea groups is 1. The van der Waals surface area contributed by atoms with Gasteiger partial charge < -0.3 is 15.1 Å². The van der Waals surface area contributed by atoms with Gasteiger partial charge in [0.2, 0.25) is 0 Å². The van der Waals surface area contributed by atoms with Crippen molar-refractivity contribution >= 4 is 23.2 Å². The van der Waals surface area contributed by atoms with E-state index in [0.717, 1.165) is 6.42 Å². The van der Waals surface area contributed by atoms with Gasteiger partial charge in [0.05, 0.1) is 6.04 Å². The fourth-order valence-corrected chi connectivity index (χ4v) is 3.70. The first kappa shape index (κ1) is 16.7. The number of rotatable bonds is 4. The molecular formula is C17H21FN4OS. The third kappa shape index (κ3) is 3.67. The number of hydrogen-bond acceptors (Lipinski definition) is 4. The summed E-state index contributed by atoms with van der Waals surface area (Å²) in [5.41, 5.74) is 0. The third-order valence-electron chi connectivity index (χ3n) is 4.20. The summed E-state index contributed by atoms with van der Waals surface area (Å²) in [6.45, 7) is 4.34. The molecule has 2 aromatic rings. The minimum absolute atomic E-state index is 0.0452. The predicted molar refractivity (Wildman–Crippen MR) is 93.9 cm³/mol. The standard InChI is InChI=1S/C17H21FN4OS/c1-2-14(15-6-4-12-24-15)20-17(23)22-10-8-21(9-11-22)16-13(18)5-3-7-19-16/h3-7,12,14H,2,8-11H2,1H3,(H,20,23)/t14-/m0/s1. The number of thiophene rings is 1. The van der Waals surface area contributed by atoms with E-state index in [2.05, 4.69) is 17.2 Å². The van der Waals surface area contributed by atoms with Crippen molar-refractivity contribution in [2.75, 3.05) is 31.1 Å². The van der Waals surface area contributed by atoms with Crippen LogP contribution in [-0.4, -0.2) is 42.1 Å². The van der Waals surface area contributed by atoms with E-state index in [1.165, 1.54) is 10.9 Å². The molecular weight excluding hydrogens is 327 g/mol. The number of carbonyl (C=O) groups excluding carboxylic acids is 1. The number of halogens is 1. The number of amides is 2. The lowest BCUT2D eigenvalue weighted by molar-refractivity contribution is 0.190. The van der Waals surface area contributed by atoms with Gasteiger partial charge in [-0.25, -0.2) is 14.2 Å². The number of aromatic nitrogens is 1. The van der Waals surface area contributed by atoms with Crippen LogP contribution in [-0.2, 0) is 0 Å². The number of nitrogens with one attached hydrogen (secondary N) is 1. The van der Waals surface area contributed by atoms with Crippen molar-refractivity contribution in [3.05, 3.63) is 46.5 Å². The normalized spacial score (nSPS) is 16.1. The lowest BCUT2D eigenvalue weighted by Crippen LogP contribution is -2.52. The molecule has 24 heavy (non-hydrogen) atoms. The molecule has 1 aliphatic heterocycles. The van der Waals surface area contributed by atoms with Gasteiger partial charge in [-0.2, -0.15) is 0 Å². The maximum absolute atomic E-state index is 13.8. The molecule has 0 unspecified atom stereocenters. The molecule has 0 spiro atoms. The van der Waals surface area contributed by atoms with E-state index in [1.807, 2.05) is 22.4 Å². The highest BCUT2D eigenvalue weighted by atomic mass is 32.1. The van der Waals surface area contributed by atoms with Gasteiger partial charge >= 0.3 is 6.03 Å². The second-order valence-electron chi connectivity index (χ2n) is 5.71. The highest BCUT2D eigenvalue weighted by molar-refractivity contribution is 7.10. The van der Waals surface area contributed by atoms with E-state index in [-0.39, 0.29) is 17.9 Å². The summed E-state index contributed by atoms with van der Waals surface area (Å²) in [6.07, 6.45) is 2.44. The first-order valence-corrected chi connectivity index (χ1v) is 9.01. The van der Waals surface area contributed by atoms with Crippen molar-refractivity contribution in [1.29, 1.82) is 0 Å². The number of piperazine rings is 1. The van der Waals surface area contributed by atoms with E-state index in [9.17, 15) is 9.18 Å². The molecule has 0 aliphatic carbocycles. The molecule has 5 nitrogen and oxygen atoms in total. The number of pyridine rings is 1. The molecule has 2 aromatic heterocycles. The molecule has 3 heterocycles. The second kappa shape index (κ2) is 7.61. The van der Waals surface area contributed by atoms with Crippen LogP contribution in [0.2, 0.25) is 0 Å². The predicted octanol–water partition coefficient (Wildman–Crippen LogP) is 3.27. The Bertz CT molecular complexity index is 671. The van der Waals surface area contributed by atoms with Crippen LogP contribution in [0, 0.1) is 5.82 Å². The van der Waals surface area contributed by atoms with Crippen LogP contribution >= 0.6 is 11.3 Å². The van der Waals surface area contributed by atoms with Crippen molar-refractivity contribution in [2.24, 2.45) is 0 Å². The Labute approximate surface area is 145 Å². The maximum Gasteiger partial charge on any atom is 0.318 e. The van der Waals surface area contributed by atoms with Crippen LogP contribution in [0.4, 0.5) is 15.0 Å². The second-order valence-corrected chi connectivity index (χ2v) is 6.69. The summed E-state index contributed by atoms with van der Waals surface area (Å²) in [5.74, 6) is 0.0433. The topological polar surface area (TPSA) is 48.5 Å². The summed E-state index contributed by atoms with van der Waals surface area (Å²) < 4.78 is 13.8. The van der Waals surface area contributed by atoms with Gasteiger partial charge in [0, 0.05) is 37.3 Å². The minimum atomic E-state index is -0.320. The lowest BCUT2D eigenvalue weighted by atomic mass is 10.2. The van der Waals surface area contributed by atoms with E-state index in [0.29, 0.717) is 32.0 Å². The van der Waals surface area contributed by atoms with Crippen LogP contribution < -0.4 is 10.2 Å². The van der Waals surface area contributed by atoms with Gasteiger partial charge in [-0.3, -0.25) is 0 Å². The Morgan fingerprint density at radius 2 is 2.12 bits per heavy atom. The van der Waals surface area contributed by atoms with Gasteiger partial charge in [0.25, 0.3) is 0 Å². The smallest absolute Gasteiger partial charge is 0.318 e. The first-order chi connectivity index (χ1) is 11.7. The summed E-state index contributed by atoms with van der Waals surface area (Å²) in [6, 6.07) is 7.02. The molecule has 0 bridgehead atoms. The zero-order valence-electron chi connectivity index (χ0n) is 13.6. The van der Waals surface area contributed by atoms with Crippen LogP contribution in [0.3, 0.4) is 0 Å². The van der Waals surface area contributed by atoms with E-state index < -0.39 is 0 Å². The Kier molecular flexibility index (Phi) is 5.30. The minimum Gasteiger partial charge on any atom is -0.351 e. The summed E-state index contributed by atoms with van der Waals surface area (Å²) in [7, 11) is 0. The molecule has 1 saturated heterocycles. The highest BCUT2D eigenvalue weighted by Gasteiger charge is 2.25. The van der Waals surface area contributed by atoms with Crippen molar-refractivity contribution in [3.8, 4) is 0 Å². The van der Waals surface area contributed by atoms with E-state index in [4.69, 9.17) is 0 Å². The van der Waals surface area contributed by atoms with Gasteiger partial charge in [0.15, 0.2) is 11.6 Å².